The largest absolute Gasteiger partial charge is 0.275 e. The molecule has 0 aliphatic rings. The summed E-state index contributed by atoms with van der Waals surface area (Å²) in [6.07, 6.45) is 2.07. The van der Waals surface area contributed by atoms with Crippen molar-refractivity contribution in [3.63, 3.8) is 0 Å². The summed E-state index contributed by atoms with van der Waals surface area (Å²) in [5, 5.41) is 8.15. The molecule has 68 valence electrons. The van der Waals surface area contributed by atoms with Gasteiger partial charge in [-0.05, 0) is 16.8 Å². The molecule has 0 amide bonds. The van der Waals surface area contributed by atoms with E-state index in [4.69, 9.17) is 0 Å². The summed E-state index contributed by atoms with van der Waals surface area (Å²) >= 11 is 0. The van der Waals surface area contributed by atoms with Gasteiger partial charge in [0.1, 0.15) is 0 Å². The molecular weight excluding hydrogens is 172 g/mol. The lowest BCUT2D eigenvalue weighted by atomic mass is 10.1. The van der Waals surface area contributed by atoms with Crippen LogP contribution in [0.15, 0.2) is 42.6 Å². The second-order valence-corrected chi connectivity index (χ2v) is 3.52. The fraction of sp³-hybridized carbons (Fsp3) is 0.0833. The van der Waals surface area contributed by atoms with Gasteiger partial charge in [-0.1, -0.05) is 30.3 Å². The normalized spacial score (nSPS) is 11.2. The van der Waals surface area contributed by atoms with Crippen molar-refractivity contribution in [2.45, 2.75) is 0 Å². The molecule has 3 aromatic rings. The summed E-state index contributed by atoms with van der Waals surface area (Å²) in [5.74, 6) is 0. The van der Waals surface area contributed by atoms with Crippen LogP contribution >= 0.6 is 0 Å². The van der Waals surface area contributed by atoms with E-state index >= 15 is 0 Å². The molecule has 0 fully saturated rings. The molecule has 2 heteroatoms. The van der Waals surface area contributed by atoms with E-state index < -0.39 is 0 Å². The number of hydrogen-bond donors (Lipinski definition) is 0. The number of aromatic nitrogens is 2. The molecule has 0 bridgehead atoms. The molecular formula is C12H10N2. The Kier molecular flexibility index (Phi) is 1.39. The zero-order valence-electron chi connectivity index (χ0n) is 7.94. The van der Waals surface area contributed by atoms with Crippen molar-refractivity contribution in [1.29, 1.82) is 0 Å². The van der Waals surface area contributed by atoms with E-state index in [1.54, 1.807) is 0 Å². The van der Waals surface area contributed by atoms with E-state index in [1.165, 1.54) is 16.2 Å². The molecule has 0 N–H and O–H groups in total. The predicted molar refractivity (Wildman–Crippen MR) is 58.2 cm³/mol. The highest BCUT2D eigenvalue weighted by atomic mass is 15.2. The Labute approximate surface area is 81.8 Å². The Morgan fingerprint density at radius 2 is 1.86 bits per heavy atom. The third kappa shape index (κ3) is 0.940. The molecule has 0 aliphatic heterocycles. The second-order valence-electron chi connectivity index (χ2n) is 3.52. The number of hydrogen-bond acceptors (Lipinski definition) is 1. The zero-order chi connectivity index (χ0) is 9.54. The molecule has 0 saturated heterocycles. The molecule has 0 unspecified atom stereocenters. The fourth-order valence-corrected chi connectivity index (χ4v) is 1.89. The van der Waals surface area contributed by atoms with Gasteiger partial charge in [-0.2, -0.15) is 5.10 Å². The van der Waals surface area contributed by atoms with Gasteiger partial charge in [-0.3, -0.25) is 4.68 Å². The first-order valence-corrected chi connectivity index (χ1v) is 4.66. The standard InChI is InChI=1S/C12H10N2/c1-14-8-11-10-5-3-2-4-9(10)6-7-12(11)13-14/h2-8H,1H3. The lowest BCUT2D eigenvalue weighted by Crippen LogP contribution is -1.84. The highest BCUT2D eigenvalue weighted by molar-refractivity contribution is 6.05. The smallest absolute Gasteiger partial charge is 0.0929 e. The molecule has 3 rings (SSSR count). The summed E-state index contributed by atoms with van der Waals surface area (Å²) < 4.78 is 1.86. The molecule has 2 nitrogen and oxygen atoms in total. The minimum atomic E-state index is 1.06. The number of aryl methyl sites for hydroxylation is 1. The zero-order valence-corrected chi connectivity index (χ0v) is 7.94. The molecule has 1 aromatic heterocycles. The van der Waals surface area contributed by atoms with Crippen molar-refractivity contribution >= 4 is 21.7 Å². The van der Waals surface area contributed by atoms with Crippen LogP contribution in [0, 0.1) is 0 Å². The molecule has 0 aliphatic carbocycles. The minimum Gasteiger partial charge on any atom is -0.275 e. The van der Waals surface area contributed by atoms with Crippen LogP contribution in [0.5, 0.6) is 0 Å². The first kappa shape index (κ1) is 7.56. The summed E-state index contributed by atoms with van der Waals surface area (Å²) in [5.41, 5.74) is 1.06. The Hall–Kier alpha value is -1.83. The first-order chi connectivity index (χ1) is 6.84. The van der Waals surface area contributed by atoms with Gasteiger partial charge < -0.3 is 0 Å². The van der Waals surface area contributed by atoms with Gasteiger partial charge in [0.25, 0.3) is 0 Å². The average Bonchev–Trinajstić information content (AvgIpc) is 2.59. The number of fused-ring (bicyclic) bond motifs is 3. The van der Waals surface area contributed by atoms with E-state index in [9.17, 15) is 0 Å². The van der Waals surface area contributed by atoms with Crippen molar-refractivity contribution < 1.29 is 0 Å². The SMILES string of the molecule is Cn1cc2c(ccc3ccccc32)n1. The van der Waals surface area contributed by atoms with Gasteiger partial charge in [-0.15, -0.1) is 0 Å². The van der Waals surface area contributed by atoms with Crippen molar-refractivity contribution in [3.8, 4) is 0 Å². The first-order valence-electron chi connectivity index (χ1n) is 4.66. The lowest BCUT2D eigenvalue weighted by Gasteiger charge is -1.96. The van der Waals surface area contributed by atoms with Gasteiger partial charge in [0.05, 0.1) is 5.52 Å². The summed E-state index contributed by atoms with van der Waals surface area (Å²) in [4.78, 5) is 0. The Bertz CT molecular complexity index is 608. The van der Waals surface area contributed by atoms with E-state index in [1.807, 2.05) is 11.7 Å². The minimum absolute atomic E-state index is 1.06. The third-order valence-corrected chi connectivity index (χ3v) is 2.53. The van der Waals surface area contributed by atoms with Crippen LogP contribution in [0.2, 0.25) is 0 Å². The molecule has 14 heavy (non-hydrogen) atoms. The van der Waals surface area contributed by atoms with Crippen molar-refractivity contribution in [2.75, 3.05) is 0 Å². The molecule has 0 atom stereocenters. The van der Waals surface area contributed by atoms with Gasteiger partial charge in [-0.25, -0.2) is 0 Å². The van der Waals surface area contributed by atoms with Crippen molar-refractivity contribution in [1.82, 2.24) is 9.78 Å². The third-order valence-electron chi connectivity index (χ3n) is 2.53. The maximum Gasteiger partial charge on any atom is 0.0929 e. The van der Waals surface area contributed by atoms with Crippen LogP contribution in [0.4, 0.5) is 0 Å². The molecule has 1 heterocycles. The Morgan fingerprint density at radius 1 is 1.00 bits per heavy atom. The van der Waals surface area contributed by atoms with Crippen molar-refractivity contribution in [3.05, 3.63) is 42.6 Å². The van der Waals surface area contributed by atoms with E-state index in [0.29, 0.717) is 0 Å². The molecule has 0 radical (unpaired) electrons. The van der Waals surface area contributed by atoms with Gasteiger partial charge in [0.15, 0.2) is 0 Å². The summed E-state index contributed by atoms with van der Waals surface area (Å²) in [7, 11) is 1.95. The van der Waals surface area contributed by atoms with Crippen LogP contribution in [0.3, 0.4) is 0 Å². The van der Waals surface area contributed by atoms with Gasteiger partial charge >= 0.3 is 0 Å². The summed E-state index contributed by atoms with van der Waals surface area (Å²) in [6.45, 7) is 0. The molecule has 2 aromatic carbocycles. The van der Waals surface area contributed by atoms with Crippen LogP contribution in [0.25, 0.3) is 21.7 Å². The fourth-order valence-electron chi connectivity index (χ4n) is 1.89. The summed E-state index contributed by atoms with van der Waals surface area (Å²) in [6, 6.07) is 12.6. The monoisotopic (exact) mass is 182 g/mol. The Balaban J connectivity index is 2.60. The quantitative estimate of drug-likeness (QED) is 0.522. The number of rotatable bonds is 0. The number of benzene rings is 2. The van der Waals surface area contributed by atoms with Crippen LogP contribution in [-0.2, 0) is 7.05 Å². The van der Waals surface area contributed by atoms with Gasteiger partial charge in [0, 0.05) is 18.6 Å². The average molecular weight is 182 g/mol. The van der Waals surface area contributed by atoms with Gasteiger partial charge in [0.2, 0.25) is 0 Å². The molecule has 0 spiro atoms. The van der Waals surface area contributed by atoms with E-state index in [-0.39, 0.29) is 0 Å². The Morgan fingerprint density at radius 3 is 2.79 bits per heavy atom. The van der Waals surface area contributed by atoms with Crippen LogP contribution in [0.1, 0.15) is 0 Å². The van der Waals surface area contributed by atoms with Crippen LogP contribution in [-0.4, -0.2) is 9.78 Å². The topological polar surface area (TPSA) is 17.8 Å². The second kappa shape index (κ2) is 2.58. The maximum absolute atomic E-state index is 4.38. The highest BCUT2D eigenvalue weighted by Gasteiger charge is 2.01. The number of nitrogens with zero attached hydrogens (tertiary/aromatic N) is 2. The lowest BCUT2D eigenvalue weighted by molar-refractivity contribution is 0.780. The van der Waals surface area contributed by atoms with Crippen molar-refractivity contribution in [2.24, 2.45) is 7.05 Å². The van der Waals surface area contributed by atoms with E-state index in [0.717, 1.165) is 5.52 Å². The predicted octanol–water partition coefficient (Wildman–Crippen LogP) is 2.73. The molecule has 0 saturated carbocycles. The van der Waals surface area contributed by atoms with E-state index in [2.05, 4.69) is 47.7 Å². The highest BCUT2D eigenvalue weighted by Crippen LogP contribution is 2.23. The van der Waals surface area contributed by atoms with Crippen LogP contribution < -0.4 is 0 Å². The maximum atomic E-state index is 4.38.